The Kier molecular flexibility index (Phi) is 5.32. The molecule has 4 heteroatoms. The Bertz CT molecular complexity index is 547. The zero-order valence-electron chi connectivity index (χ0n) is 14.9. The molecular weight excluding hydrogens is 302 g/mol. The summed E-state index contributed by atoms with van der Waals surface area (Å²) in [6.07, 6.45) is 6.44. The highest BCUT2D eigenvalue weighted by Crippen LogP contribution is 2.26. The standard InChI is InChI=1S/C20H29NO3/c1-20(2)14-21(19(22)24-15-20)12-16-8-10-18(11-9-16)23-13-17-6-4-3-5-7-17/h8-11,17H,3-7,12-15H2,1-2H3. The molecule has 1 aromatic carbocycles. The van der Waals surface area contributed by atoms with Crippen LogP contribution in [0.2, 0.25) is 0 Å². The minimum absolute atomic E-state index is 0.0109. The highest BCUT2D eigenvalue weighted by Gasteiger charge is 2.32. The van der Waals surface area contributed by atoms with Crippen LogP contribution in [0.5, 0.6) is 5.75 Å². The average molecular weight is 331 g/mol. The summed E-state index contributed by atoms with van der Waals surface area (Å²) in [5.74, 6) is 1.63. The van der Waals surface area contributed by atoms with E-state index in [0.29, 0.717) is 19.1 Å². The molecule has 4 nitrogen and oxygen atoms in total. The number of hydrogen-bond donors (Lipinski definition) is 0. The summed E-state index contributed by atoms with van der Waals surface area (Å²) in [6, 6.07) is 8.12. The lowest BCUT2D eigenvalue weighted by atomic mass is 9.90. The van der Waals surface area contributed by atoms with Crippen molar-refractivity contribution in [3.05, 3.63) is 29.8 Å². The lowest BCUT2D eigenvalue weighted by molar-refractivity contribution is 0.00679. The first kappa shape index (κ1) is 17.1. The van der Waals surface area contributed by atoms with Gasteiger partial charge in [-0.15, -0.1) is 0 Å². The van der Waals surface area contributed by atoms with E-state index in [2.05, 4.69) is 13.8 Å². The molecule has 0 atom stereocenters. The predicted octanol–water partition coefficient (Wildman–Crippen LogP) is 4.62. The molecule has 1 aromatic rings. The fourth-order valence-electron chi connectivity index (χ4n) is 3.58. The number of carbonyl (C=O) groups excluding carboxylic acids is 1. The molecule has 1 amide bonds. The first-order valence-electron chi connectivity index (χ1n) is 9.15. The van der Waals surface area contributed by atoms with Gasteiger partial charge in [-0.05, 0) is 36.5 Å². The van der Waals surface area contributed by atoms with Gasteiger partial charge in [0.15, 0.2) is 0 Å². The number of ether oxygens (including phenoxy) is 2. The highest BCUT2D eigenvalue weighted by molar-refractivity contribution is 5.68. The van der Waals surface area contributed by atoms with Crippen LogP contribution >= 0.6 is 0 Å². The van der Waals surface area contributed by atoms with Crippen molar-refractivity contribution in [2.45, 2.75) is 52.5 Å². The van der Waals surface area contributed by atoms with Crippen LogP contribution in [0.1, 0.15) is 51.5 Å². The lowest BCUT2D eigenvalue weighted by Gasteiger charge is -2.37. The summed E-state index contributed by atoms with van der Waals surface area (Å²) >= 11 is 0. The first-order valence-corrected chi connectivity index (χ1v) is 9.15. The van der Waals surface area contributed by atoms with Crippen LogP contribution in [-0.4, -0.2) is 30.8 Å². The Labute approximate surface area is 145 Å². The summed E-state index contributed by atoms with van der Waals surface area (Å²) in [4.78, 5) is 13.7. The molecule has 1 aliphatic heterocycles. The molecule has 0 aromatic heterocycles. The minimum Gasteiger partial charge on any atom is -0.493 e. The zero-order valence-corrected chi connectivity index (χ0v) is 14.9. The van der Waals surface area contributed by atoms with Crippen molar-refractivity contribution in [2.75, 3.05) is 19.8 Å². The summed E-state index contributed by atoms with van der Waals surface area (Å²) in [5, 5.41) is 0. The van der Waals surface area contributed by atoms with Crippen LogP contribution in [0.3, 0.4) is 0 Å². The molecule has 3 rings (SSSR count). The van der Waals surface area contributed by atoms with Crippen LogP contribution in [0.25, 0.3) is 0 Å². The van der Waals surface area contributed by atoms with E-state index in [-0.39, 0.29) is 11.5 Å². The number of nitrogens with zero attached hydrogens (tertiary/aromatic N) is 1. The van der Waals surface area contributed by atoms with Crippen LogP contribution in [-0.2, 0) is 11.3 Å². The Morgan fingerprint density at radius 1 is 1.17 bits per heavy atom. The molecule has 0 N–H and O–H groups in total. The Balaban J connectivity index is 1.51. The molecule has 0 bridgehead atoms. The van der Waals surface area contributed by atoms with Crippen molar-refractivity contribution in [2.24, 2.45) is 11.3 Å². The van der Waals surface area contributed by atoms with Crippen molar-refractivity contribution in [1.82, 2.24) is 4.90 Å². The van der Waals surface area contributed by atoms with E-state index in [4.69, 9.17) is 9.47 Å². The smallest absolute Gasteiger partial charge is 0.410 e. The number of cyclic esters (lactones) is 1. The zero-order chi connectivity index (χ0) is 17.0. The normalized spacial score (nSPS) is 21.4. The number of benzene rings is 1. The number of rotatable bonds is 5. The molecule has 132 valence electrons. The Hall–Kier alpha value is -1.71. The molecule has 2 fully saturated rings. The maximum absolute atomic E-state index is 11.9. The molecule has 0 spiro atoms. The predicted molar refractivity (Wildman–Crippen MR) is 94.1 cm³/mol. The van der Waals surface area contributed by atoms with Crippen molar-refractivity contribution in [3.63, 3.8) is 0 Å². The van der Waals surface area contributed by atoms with Gasteiger partial charge in [0.25, 0.3) is 0 Å². The Morgan fingerprint density at radius 2 is 1.88 bits per heavy atom. The third kappa shape index (κ3) is 4.65. The fraction of sp³-hybridized carbons (Fsp3) is 0.650. The third-order valence-electron chi connectivity index (χ3n) is 4.97. The molecule has 0 radical (unpaired) electrons. The first-order chi connectivity index (χ1) is 11.5. The summed E-state index contributed by atoms with van der Waals surface area (Å²) in [5.41, 5.74) is 1.12. The van der Waals surface area contributed by atoms with E-state index >= 15 is 0 Å². The second-order valence-electron chi connectivity index (χ2n) is 8.03. The largest absolute Gasteiger partial charge is 0.493 e. The summed E-state index contributed by atoms with van der Waals surface area (Å²) in [6.45, 7) is 6.88. The quantitative estimate of drug-likeness (QED) is 0.790. The molecular formula is C20H29NO3. The molecule has 1 saturated carbocycles. The Morgan fingerprint density at radius 3 is 2.58 bits per heavy atom. The topological polar surface area (TPSA) is 38.8 Å². The van der Waals surface area contributed by atoms with Gasteiger partial charge in [-0.1, -0.05) is 45.2 Å². The van der Waals surface area contributed by atoms with E-state index in [0.717, 1.165) is 24.5 Å². The molecule has 2 aliphatic rings. The van der Waals surface area contributed by atoms with Crippen molar-refractivity contribution >= 4 is 6.09 Å². The monoisotopic (exact) mass is 331 g/mol. The van der Waals surface area contributed by atoms with Gasteiger partial charge < -0.3 is 14.4 Å². The summed E-state index contributed by atoms with van der Waals surface area (Å²) < 4.78 is 11.2. The van der Waals surface area contributed by atoms with E-state index in [1.807, 2.05) is 24.3 Å². The fourth-order valence-corrected chi connectivity index (χ4v) is 3.58. The van der Waals surface area contributed by atoms with Crippen LogP contribution < -0.4 is 4.74 Å². The second kappa shape index (κ2) is 7.45. The van der Waals surface area contributed by atoms with Gasteiger partial charge in [0.2, 0.25) is 0 Å². The SMILES string of the molecule is CC1(C)COC(=O)N(Cc2ccc(OCC3CCCCC3)cc2)C1. The lowest BCUT2D eigenvalue weighted by Crippen LogP contribution is -2.46. The van der Waals surface area contributed by atoms with Gasteiger partial charge in [-0.2, -0.15) is 0 Å². The van der Waals surface area contributed by atoms with Gasteiger partial charge >= 0.3 is 6.09 Å². The van der Waals surface area contributed by atoms with E-state index in [1.54, 1.807) is 4.90 Å². The third-order valence-corrected chi connectivity index (χ3v) is 4.97. The van der Waals surface area contributed by atoms with E-state index < -0.39 is 0 Å². The number of amides is 1. The highest BCUT2D eigenvalue weighted by atomic mass is 16.6. The molecule has 0 unspecified atom stereocenters. The maximum Gasteiger partial charge on any atom is 0.410 e. The van der Waals surface area contributed by atoms with Gasteiger partial charge in [0, 0.05) is 18.5 Å². The van der Waals surface area contributed by atoms with Gasteiger partial charge in [0.05, 0.1) is 13.2 Å². The van der Waals surface area contributed by atoms with Crippen molar-refractivity contribution < 1.29 is 14.3 Å². The van der Waals surface area contributed by atoms with Crippen LogP contribution in [0, 0.1) is 11.3 Å². The molecule has 24 heavy (non-hydrogen) atoms. The van der Waals surface area contributed by atoms with E-state index in [9.17, 15) is 4.79 Å². The van der Waals surface area contributed by atoms with Gasteiger partial charge in [0.1, 0.15) is 5.75 Å². The summed E-state index contributed by atoms with van der Waals surface area (Å²) in [7, 11) is 0. The van der Waals surface area contributed by atoms with Gasteiger partial charge in [-0.3, -0.25) is 0 Å². The maximum atomic E-state index is 11.9. The second-order valence-corrected chi connectivity index (χ2v) is 8.03. The van der Waals surface area contributed by atoms with E-state index in [1.165, 1.54) is 32.1 Å². The minimum atomic E-state index is -0.216. The van der Waals surface area contributed by atoms with Crippen LogP contribution in [0.4, 0.5) is 4.79 Å². The van der Waals surface area contributed by atoms with Gasteiger partial charge in [-0.25, -0.2) is 4.79 Å². The number of hydrogen-bond acceptors (Lipinski definition) is 3. The average Bonchev–Trinajstić information content (AvgIpc) is 2.58. The molecule has 1 heterocycles. The molecule has 1 aliphatic carbocycles. The molecule has 1 saturated heterocycles. The van der Waals surface area contributed by atoms with Crippen LogP contribution in [0.15, 0.2) is 24.3 Å². The van der Waals surface area contributed by atoms with Crippen molar-refractivity contribution in [3.8, 4) is 5.75 Å². The van der Waals surface area contributed by atoms with Crippen molar-refractivity contribution in [1.29, 1.82) is 0 Å². The number of carbonyl (C=O) groups is 1.